The summed E-state index contributed by atoms with van der Waals surface area (Å²) in [4.78, 5) is 49.3. The molecule has 3 amide bonds. The van der Waals surface area contributed by atoms with E-state index in [1.807, 2.05) is 68.7 Å². The summed E-state index contributed by atoms with van der Waals surface area (Å²) in [7, 11) is 1.66. The van der Waals surface area contributed by atoms with Gasteiger partial charge in [0, 0.05) is 54.1 Å². The summed E-state index contributed by atoms with van der Waals surface area (Å²) in [5.74, 6) is -0.483. The Kier molecular flexibility index (Phi) is 10.3. The number of aromatic amines is 1. The van der Waals surface area contributed by atoms with Gasteiger partial charge in [0.1, 0.15) is 5.75 Å². The van der Waals surface area contributed by atoms with Crippen LogP contribution in [0.4, 0.5) is 0 Å². The first-order valence-electron chi connectivity index (χ1n) is 16.2. The standard InChI is InChI=1S/C36H52N4O4/c1-22(2)11-10-12-25(7)15-17-37-32(41)20-26-19-30(35(43)40(23(3)4)24(5)6)36(8)33-28(16-18-39(36)34(26)42)29-21-27(44-9)13-14-31(29)38-33/h11,13-15,21,23-24,26,30,38H,10,12,16-20H2,1-9H3,(H,37,41)/b25-15+/t26?,30-,36+/m1/s1. The van der Waals surface area contributed by atoms with Gasteiger partial charge in [-0.15, -0.1) is 0 Å². The predicted octanol–water partition coefficient (Wildman–Crippen LogP) is 6.26. The molecule has 3 atom stereocenters. The highest BCUT2D eigenvalue weighted by molar-refractivity contribution is 5.93. The van der Waals surface area contributed by atoms with E-state index in [1.165, 1.54) is 11.1 Å². The number of ether oxygens (including phenoxy) is 1. The summed E-state index contributed by atoms with van der Waals surface area (Å²) >= 11 is 0. The molecule has 2 aliphatic rings. The third kappa shape index (κ3) is 6.59. The second kappa shape index (κ2) is 13.6. The normalized spacial score (nSPS) is 21.8. The quantitative estimate of drug-likeness (QED) is 0.296. The topological polar surface area (TPSA) is 94.7 Å². The van der Waals surface area contributed by atoms with Crippen molar-refractivity contribution >= 4 is 28.6 Å². The first-order chi connectivity index (χ1) is 20.8. The van der Waals surface area contributed by atoms with Gasteiger partial charge in [-0.2, -0.15) is 0 Å². The minimum atomic E-state index is -0.867. The van der Waals surface area contributed by atoms with Gasteiger partial charge in [-0.1, -0.05) is 23.3 Å². The van der Waals surface area contributed by atoms with Gasteiger partial charge in [-0.05, 0) is 105 Å². The number of benzene rings is 1. The summed E-state index contributed by atoms with van der Waals surface area (Å²) in [5, 5.41) is 4.06. The lowest BCUT2D eigenvalue weighted by Gasteiger charge is -2.54. The van der Waals surface area contributed by atoms with Crippen molar-refractivity contribution in [2.75, 3.05) is 20.2 Å². The number of carbonyl (C=O) groups excluding carboxylic acids is 3. The zero-order valence-electron chi connectivity index (χ0n) is 28.2. The van der Waals surface area contributed by atoms with Crippen LogP contribution in [-0.2, 0) is 26.3 Å². The van der Waals surface area contributed by atoms with Crippen LogP contribution in [0.2, 0.25) is 0 Å². The van der Waals surface area contributed by atoms with E-state index >= 15 is 0 Å². The lowest BCUT2D eigenvalue weighted by molar-refractivity contribution is -0.166. The third-order valence-corrected chi connectivity index (χ3v) is 9.52. The fourth-order valence-corrected chi connectivity index (χ4v) is 7.30. The number of rotatable bonds is 11. The molecule has 4 rings (SSSR count). The molecule has 1 unspecified atom stereocenters. The number of aromatic nitrogens is 1. The van der Waals surface area contributed by atoms with Crippen molar-refractivity contribution < 1.29 is 19.1 Å². The molecule has 44 heavy (non-hydrogen) atoms. The summed E-state index contributed by atoms with van der Waals surface area (Å²) in [6.07, 6.45) is 7.25. The van der Waals surface area contributed by atoms with Crippen molar-refractivity contribution in [2.45, 2.75) is 105 Å². The van der Waals surface area contributed by atoms with Crippen molar-refractivity contribution in [1.82, 2.24) is 20.1 Å². The summed E-state index contributed by atoms with van der Waals surface area (Å²) in [5.41, 5.74) is 4.67. The maximum atomic E-state index is 14.5. The molecule has 8 heteroatoms. The average molecular weight is 605 g/mol. The Morgan fingerprint density at radius 2 is 1.86 bits per heavy atom. The van der Waals surface area contributed by atoms with Crippen LogP contribution in [0, 0.1) is 11.8 Å². The first-order valence-corrected chi connectivity index (χ1v) is 16.2. The Morgan fingerprint density at radius 3 is 2.50 bits per heavy atom. The number of amides is 3. The molecule has 240 valence electrons. The lowest BCUT2D eigenvalue weighted by atomic mass is 9.67. The van der Waals surface area contributed by atoms with Crippen LogP contribution < -0.4 is 10.1 Å². The van der Waals surface area contributed by atoms with E-state index in [1.54, 1.807) is 7.11 Å². The Balaban J connectivity index is 1.64. The van der Waals surface area contributed by atoms with E-state index in [0.717, 1.165) is 40.8 Å². The van der Waals surface area contributed by atoms with Gasteiger partial charge >= 0.3 is 0 Å². The molecule has 2 aromatic rings. The molecule has 0 bridgehead atoms. The van der Waals surface area contributed by atoms with Crippen LogP contribution in [-0.4, -0.2) is 64.8 Å². The Hall–Kier alpha value is -3.55. The molecule has 0 spiro atoms. The fourth-order valence-electron chi connectivity index (χ4n) is 7.30. The fraction of sp³-hybridized carbons (Fsp3) is 0.583. The molecular formula is C36H52N4O4. The van der Waals surface area contributed by atoms with Gasteiger partial charge < -0.3 is 24.8 Å². The molecule has 1 aromatic carbocycles. The van der Waals surface area contributed by atoms with Gasteiger partial charge in [0.2, 0.25) is 17.7 Å². The van der Waals surface area contributed by atoms with Gasteiger partial charge in [0.25, 0.3) is 0 Å². The van der Waals surface area contributed by atoms with Crippen molar-refractivity contribution in [2.24, 2.45) is 11.8 Å². The predicted molar refractivity (Wildman–Crippen MR) is 176 cm³/mol. The maximum absolute atomic E-state index is 14.5. The van der Waals surface area contributed by atoms with E-state index in [-0.39, 0.29) is 36.2 Å². The minimum Gasteiger partial charge on any atom is -0.497 e. The molecule has 1 fully saturated rings. The summed E-state index contributed by atoms with van der Waals surface area (Å²) in [6, 6.07) is 5.96. The van der Waals surface area contributed by atoms with Crippen LogP contribution in [0.1, 0.15) is 92.3 Å². The van der Waals surface area contributed by atoms with Gasteiger partial charge in [-0.3, -0.25) is 14.4 Å². The molecule has 3 heterocycles. The average Bonchev–Trinajstić information content (AvgIpc) is 3.33. The highest BCUT2D eigenvalue weighted by Gasteiger charge is 2.57. The van der Waals surface area contributed by atoms with E-state index in [4.69, 9.17) is 4.74 Å². The Morgan fingerprint density at radius 1 is 1.16 bits per heavy atom. The first kappa shape index (κ1) is 33.3. The van der Waals surface area contributed by atoms with Crippen LogP contribution >= 0.6 is 0 Å². The number of hydrogen-bond donors (Lipinski definition) is 2. The number of fused-ring (bicyclic) bond motifs is 5. The third-order valence-electron chi connectivity index (χ3n) is 9.52. The number of methoxy groups -OCH3 is 1. The molecule has 1 aromatic heterocycles. The molecule has 2 aliphatic heterocycles. The number of hydrogen-bond acceptors (Lipinski definition) is 4. The molecule has 0 radical (unpaired) electrons. The molecule has 2 N–H and O–H groups in total. The molecular weight excluding hydrogens is 552 g/mol. The van der Waals surface area contributed by atoms with Crippen molar-refractivity contribution in [1.29, 1.82) is 0 Å². The smallest absolute Gasteiger partial charge is 0.228 e. The van der Waals surface area contributed by atoms with Gasteiger partial charge in [0.05, 0.1) is 18.6 Å². The van der Waals surface area contributed by atoms with Crippen LogP contribution in [0.3, 0.4) is 0 Å². The number of nitrogens with one attached hydrogen (secondary N) is 2. The van der Waals surface area contributed by atoms with Crippen LogP contribution in [0.5, 0.6) is 5.75 Å². The number of carbonyl (C=O) groups is 3. The van der Waals surface area contributed by atoms with E-state index in [0.29, 0.717) is 25.9 Å². The minimum absolute atomic E-state index is 0.000668. The maximum Gasteiger partial charge on any atom is 0.228 e. The second-order valence-electron chi connectivity index (χ2n) is 13.6. The van der Waals surface area contributed by atoms with Gasteiger partial charge in [-0.25, -0.2) is 0 Å². The highest BCUT2D eigenvalue weighted by Crippen LogP contribution is 2.50. The molecule has 0 aliphatic carbocycles. The SMILES string of the molecule is COc1ccc2[nH]c3c(c2c1)CCN1C(=O)C(CC(=O)NC/C=C(\C)CCC=C(C)C)C[C@H](C(=O)N(C(C)C)C(C)C)[C@@]31C. The molecule has 0 saturated carbocycles. The monoisotopic (exact) mass is 604 g/mol. The lowest BCUT2D eigenvalue weighted by Crippen LogP contribution is -2.65. The van der Waals surface area contributed by atoms with Crippen LogP contribution in [0.15, 0.2) is 41.5 Å². The zero-order chi connectivity index (χ0) is 32.3. The zero-order valence-corrected chi connectivity index (χ0v) is 28.2. The number of H-pyrrole nitrogens is 1. The summed E-state index contributed by atoms with van der Waals surface area (Å²) in [6.45, 7) is 17.4. The Bertz CT molecular complexity index is 1440. The molecule has 8 nitrogen and oxygen atoms in total. The Labute approximate surface area is 263 Å². The van der Waals surface area contributed by atoms with E-state index < -0.39 is 17.4 Å². The van der Waals surface area contributed by atoms with Crippen molar-refractivity contribution in [3.8, 4) is 5.75 Å². The summed E-state index contributed by atoms with van der Waals surface area (Å²) < 4.78 is 5.51. The van der Waals surface area contributed by atoms with Crippen LogP contribution in [0.25, 0.3) is 10.9 Å². The highest BCUT2D eigenvalue weighted by atomic mass is 16.5. The number of piperidine rings is 1. The van der Waals surface area contributed by atoms with Gasteiger partial charge in [0.15, 0.2) is 0 Å². The largest absolute Gasteiger partial charge is 0.497 e. The van der Waals surface area contributed by atoms with E-state index in [9.17, 15) is 14.4 Å². The number of nitrogens with zero attached hydrogens (tertiary/aromatic N) is 2. The number of allylic oxidation sites excluding steroid dienone is 3. The molecule has 1 saturated heterocycles. The van der Waals surface area contributed by atoms with E-state index in [2.05, 4.69) is 37.1 Å². The van der Waals surface area contributed by atoms with Crippen molar-refractivity contribution in [3.05, 3.63) is 52.8 Å². The van der Waals surface area contributed by atoms with Crippen molar-refractivity contribution in [3.63, 3.8) is 0 Å². The second-order valence-corrected chi connectivity index (χ2v) is 13.6.